The Bertz CT molecular complexity index is 518. The van der Waals surface area contributed by atoms with Gasteiger partial charge in [-0.25, -0.2) is 0 Å². The summed E-state index contributed by atoms with van der Waals surface area (Å²) in [5.74, 6) is 0. The molecule has 0 fully saturated rings. The van der Waals surface area contributed by atoms with Crippen molar-refractivity contribution in [1.82, 2.24) is 0 Å². The van der Waals surface area contributed by atoms with E-state index in [-0.39, 0.29) is 0 Å². The zero-order chi connectivity index (χ0) is 11.5. The van der Waals surface area contributed by atoms with E-state index in [0.29, 0.717) is 22.6 Å². The molecule has 0 heterocycles. The van der Waals surface area contributed by atoms with Crippen LogP contribution in [0.2, 0.25) is 0 Å². The van der Waals surface area contributed by atoms with Crippen LogP contribution in [-0.2, 0) is 0 Å². The van der Waals surface area contributed by atoms with Crippen LogP contribution in [0.5, 0.6) is 0 Å². The Hall–Kier alpha value is -2.29. The first-order chi connectivity index (χ1) is 7.68. The summed E-state index contributed by atoms with van der Waals surface area (Å²) in [7, 11) is 0. The number of nitrogens with two attached hydrogens (primary N) is 2. The van der Waals surface area contributed by atoms with Crippen LogP contribution in [-0.4, -0.2) is 5.71 Å². The van der Waals surface area contributed by atoms with E-state index >= 15 is 0 Å². The molecular formula is C13H13N3. The molecule has 0 spiro atoms. The van der Waals surface area contributed by atoms with E-state index in [1.807, 2.05) is 30.3 Å². The maximum absolute atomic E-state index is 8.07. The SMILES string of the molecule is N=C(c1ccccc1)c1cc(N)ccc1N. The molecule has 0 saturated heterocycles. The molecule has 2 aromatic carbocycles. The number of hydrogen-bond donors (Lipinski definition) is 3. The van der Waals surface area contributed by atoms with Gasteiger partial charge in [0.1, 0.15) is 0 Å². The van der Waals surface area contributed by atoms with E-state index in [1.54, 1.807) is 18.2 Å². The first-order valence-corrected chi connectivity index (χ1v) is 4.98. The summed E-state index contributed by atoms with van der Waals surface area (Å²) < 4.78 is 0. The van der Waals surface area contributed by atoms with Crippen molar-refractivity contribution in [2.24, 2.45) is 0 Å². The quantitative estimate of drug-likeness (QED) is 0.526. The summed E-state index contributed by atoms with van der Waals surface area (Å²) in [4.78, 5) is 0. The fourth-order valence-corrected chi connectivity index (χ4v) is 1.55. The molecule has 0 aliphatic carbocycles. The topological polar surface area (TPSA) is 75.9 Å². The number of hydrogen-bond acceptors (Lipinski definition) is 3. The smallest absolute Gasteiger partial charge is 0.0705 e. The molecule has 3 nitrogen and oxygen atoms in total. The molecule has 2 aromatic rings. The lowest BCUT2D eigenvalue weighted by Crippen LogP contribution is -2.06. The summed E-state index contributed by atoms with van der Waals surface area (Å²) in [5, 5.41) is 8.07. The van der Waals surface area contributed by atoms with Crippen molar-refractivity contribution < 1.29 is 0 Å². The lowest BCUT2D eigenvalue weighted by atomic mass is 10.0. The number of nitrogens with one attached hydrogen (secondary N) is 1. The summed E-state index contributed by atoms with van der Waals surface area (Å²) in [6, 6.07) is 14.7. The van der Waals surface area contributed by atoms with Crippen molar-refractivity contribution in [1.29, 1.82) is 5.41 Å². The Kier molecular flexibility index (Phi) is 2.60. The molecule has 5 N–H and O–H groups in total. The van der Waals surface area contributed by atoms with Gasteiger partial charge < -0.3 is 11.5 Å². The van der Waals surface area contributed by atoms with Crippen molar-refractivity contribution in [2.75, 3.05) is 11.5 Å². The van der Waals surface area contributed by atoms with Crippen LogP contribution < -0.4 is 11.5 Å². The molecule has 0 unspecified atom stereocenters. The largest absolute Gasteiger partial charge is 0.399 e. The van der Waals surface area contributed by atoms with Crippen molar-refractivity contribution in [3.63, 3.8) is 0 Å². The molecule has 0 atom stereocenters. The average Bonchev–Trinajstić information content (AvgIpc) is 2.32. The van der Waals surface area contributed by atoms with Crippen LogP contribution in [0.3, 0.4) is 0 Å². The zero-order valence-electron chi connectivity index (χ0n) is 8.77. The summed E-state index contributed by atoms with van der Waals surface area (Å²) in [6.45, 7) is 0. The van der Waals surface area contributed by atoms with Crippen LogP contribution in [0, 0.1) is 5.41 Å². The molecular weight excluding hydrogens is 198 g/mol. The van der Waals surface area contributed by atoms with Gasteiger partial charge in [-0.15, -0.1) is 0 Å². The fourth-order valence-electron chi connectivity index (χ4n) is 1.55. The van der Waals surface area contributed by atoms with Gasteiger partial charge >= 0.3 is 0 Å². The van der Waals surface area contributed by atoms with Gasteiger partial charge in [-0.3, -0.25) is 5.41 Å². The van der Waals surface area contributed by atoms with Crippen LogP contribution in [0.4, 0.5) is 11.4 Å². The van der Waals surface area contributed by atoms with E-state index in [9.17, 15) is 0 Å². The predicted molar refractivity (Wildman–Crippen MR) is 67.6 cm³/mol. The highest BCUT2D eigenvalue weighted by atomic mass is 14.6. The minimum atomic E-state index is 0.394. The van der Waals surface area contributed by atoms with Crippen LogP contribution in [0.1, 0.15) is 11.1 Å². The molecule has 0 aliphatic rings. The number of rotatable bonds is 2. The minimum absolute atomic E-state index is 0.394. The Morgan fingerprint density at radius 3 is 2.31 bits per heavy atom. The first kappa shape index (κ1) is 10.2. The summed E-state index contributed by atoms with van der Waals surface area (Å²) >= 11 is 0. The van der Waals surface area contributed by atoms with Crippen molar-refractivity contribution in [3.8, 4) is 0 Å². The van der Waals surface area contributed by atoms with Gasteiger partial charge in [-0.05, 0) is 18.2 Å². The molecule has 80 valence electrons. The number of anilines is 2. The monoisotopic (exact) mass is 211 g/mol. The Morgan fingerprint density at radius 2 is 1.62 bits per heavy atom. The second-order valence-electron chi connectivity index (χ2n) is 3.59. The van der Waals surface area contributed by atoms with E-state index in [1.165, 1.54) is 0 Å². The van der Waals surface area contributed by atoms with Crippen molar-refractivity contribution in [2.45, 2.75) is 0 Å². The van der Waals surface area contributed by atoms with E-state index in [0.717, 1.165) is 5.56 Å². The Labute approximate surface area is 94.2 Å². The normalized spacial score (nSPS) is 10.0. The Morgan fingerprint density at radius 1 is 0.938 bits per heavy atom. The van der Waals surface area contributed by atoms with Gasteiger partial charge in [0, 0.05) is 22.5 Å². The first-order valence-electron chi connectivity index (χ1n) is 4.98. The lowest BCUT2D eigenvalue weighted by molar-refractivity contribution is 1.46. The van der Waals surface area contributed by atoms with Crippen molar-refractivity contribution >= 4 is 17.1 Å². The molecule has 3 heteroatoms. The molecule has 16 heavy (non-hydrogen) atoms. The highest BCUT2D eigenvalue weighted by Crippen LogP contribution is 2.19. The molecule has 0 aliphatic heterocycles. The average molecular weight is 211 g/mol. The maximum Gasteiger partial charge on any atom is 0.0705 e. The number of nitrogen functional groups attached to an aromatic ring is 2. The second kappa shape index (κ2) is 4.06. The van der Waals surface area contributed by atoms with Crippen LogP contribution >= 0.6 is 0 Å². The minimum Gasteiger partial charge on any atom is -0.399 e. The lowest BCUT2D eigenvalue weighted by Gasteiger charge is -2.08. The second-order valence-corrected chi connectivity index (χ2v) is 3.59. The maximum atomic E-state index is 8.07. The van der Waals surface area contributed by atoms with Gasteiger partial charge in [0.25, 0.3) is 0 Å². The zero-order valence-corrected chi connectivity index (χ0v) is 8.77. The molecule has 0 saturated carbocycles. The van der Waals surface area contributed by atoms with Gasteiger partial charge in [0.2, 0.25) is 0 Å². The molecule has 0 amide bonds. The van der Waals surface area contributed by atoms with E-state index in [4.69, 9.17) is 16.9 Å². The third kappa shape index (κ3) is 1.88. The molecule has 0 radical (unpaired) electrons. The third-order valence-corrected chi connectivity index (χ3v) is 2.41. The van der Waals surface area contributed by atoms with Crippen molar-refractivity contribution in [3.05, 3.63) is 59.7 Å². The summed E-state index contributed by atoms with van der Waals surface area (Å²) in [5.41, 5.74) is 14.6. The van der Waals surface area contributed by atoms with Crippen LogP contribution in [0.25, 0.3) is 0 Å². The highest BCUT2D eigenvalue weighted by molar-refractivity contribution is 6.14. The van der Waals surface area contributed by atoms with Crippen LogP contribution in [0.15, 0.2) is 48.5 Å². The van der Waals surface area contributed by atoms with Gasteiger partial charge in [0.15, 0.2) is 0 Å². The van der Waals surface area contributed by atoms with E-state index in [2.05, 4.69) is 0 Å². The standard InChI is InChI=1S/C13H13N3/c14-10-6-7-12(15)11(8-10)13(16)9-4-2-1-3-5-9/h1-8,16H,14-15H2. The molecule has 0 aromatic heterocycles. The van der Waals surface area contributed by atoms with Gasteiger partial charge in [0.05, 0.1) is 5.71 Å². The predicted octanol–water partition coefficient (Wildman–Crippen LogP) is 2.27. The highest BCUT2D eigenvalue weighted by Gasteiger charge is 2.08. The fraction of sp³-hybridized carbons (Fsp3) is 0. The third-order valence-electron chi connectivity index (χ3n) is 2.41. The Balaban J connectivity index is 2.46. The summed E-state index contributed by atoms with van der Waals surface area (Å²) in [6.07, 6.45) is 0. The van der Waals surface area contributed by atoms with E-state index < -0.39 is 0 Å². The molecule has 2 rings (SSSR count). The van der Waals surface area contributed by atoms with Gasteiger partial charge in [-0.1, -0.05) is 30.3 Å². The number of benzene rings is 2. The molecule has 0 bridgehead atoms. The van der Waals surface area contributed by atoms with Gasteiger partial charge in [-0.2, -0.15) is 0 Å².